The van der Waals surface area contributed by atoms with Crippen LogP contribution in [0.3, 0.4) is 0 Å². The monoisotopic (exact) mass is 273 g/mol. The molecule has 110 valence electrons. The van der Waals surface area contributed by atoms with E-state index in [0.717, 1.165) is 6.42 Å². The smallest absolute Gasteiger partial charge is 0.318 e. The summed E-state index contributed by atoms with van der Waals surface area (Å²) >= 11 is 0. The number of hydrogen-bond acceptors (Lipinski definition) is 4. The van der Waals surface area contributed by atoms with Crippen molar-refractivity contribution < 1.29 is 19.5 Å². The second-order valence-corrected chi connectivity index (χ2v) is 5.34. The number of hydrogen-bond donors (Lipinski definition) is 4. The normalized spacial score (nSPS) is 12.8. The number of primary amides is 1. The number of carboxylic acids is 1. The van der Waals surface area contributed by atoms with Gasteiger partial charge in [0.2, 0.25) is 5.91 Å². The molecule has 0 aromatic heterocycles. The van der Waals surface area contributed by atoms with Crippen molar-refractivity contribution in [3.05, 3.63) is 0 Å². The van der Waals surface area contributed by atoms with Gasteiger partial charge in [-0.05, 0) is 31.7 Å². The molecule has 0 bridgehead atoms. The molecule has 0 aromatic carbocycles. The summed E-state index contributed by atoms with van der Waals surface area (Å²) in [5.74, 6) is -1.29. The van der Waals surface area contributed by atoms with Crippen LogP contribution in [0.25, 0.3) is 0 Å². The van der Waals surface area contributed by atoms with Gasteiger partial charge >= 0.3 is 12.0 Å². The van der Waals surface area contributed by atoms with Gasteiger partial charge in [0.15, 0.2) is 0 Å². The molecule has 3 amide bonds. The van der Waals surface area contributed by atoms with Gasteiger partial charge in [-0.15, -0.1) is 0 Å². The minimum absolute atomic E-state index is 0.120. The van der Waals surface area contributed by atoms with Crippen LogP contribution in [0.15, 0.2) is 0 Å². The molecule has 7 nitrogen and oxygen atoms in total. The van der Waals surface area contributed by atoms with E-state index in [0.29, 0.717) is 13.0 Å². The van der Waals surface area contributed by atoms with Crippen molar-refractivity contribution >= 4 is 17.9 Å². The van der Waals surface area contributed by atoms with E-state index in [1.54, 1.807) is 6.92 Å². The second kappa shape index (κ2) is 7.73. The van der Waals surface area contributed by atoms with Crippen LogP contribution in [0.5, 0.6) is 0 Å². The second-order valence-electron chi connectivity index (χ2n) is 5.34. The molecule has 5 N–H and O–H groups in total. The van der Waals surface area contributed by atoms with Gasteiger partial charge in [-0.25, -0.2) is 4.79 Å². The lowest BCUT2D eigenvalue weighted by atomic mass is 9.84. The zero-order valence-corrected chi connectivity index (χ0v) is 11.7. The molecule has 0 saturated heterocycles. The molecule has 1 unspecified atom stereocenters. The van der Waals surface area contributed by atoms with Gasteiger partial charge in [0.25, 0.3) is 0 Å². The number of rotatable bonds is 8. The Morgan fingerprint density at radius 3 is 2.32 bits per heavy atom. The number of amides is 3. The maximum atomic E-state index is 11.4. The Hall–Kier alpha value is -1.63. The van der Waals surface area contributed by atoms with Gasteiger partial charge in [-0.1, -0.05) is 13.8 Å². The summed E-state index contributed by atoms with van der Waals surface area (Å²) < 4.78 is 0. The highest BCUT2D eigenvalue weighted by atomic mass is 16.4. The molecular formula is C12H23N3O4. The summed E-state index contributed by atoms with van der Waals surface area (Å²) in [5, 5.41) is 13.6. The molecule has 0 rings (SSSR count). The molecule has 0 aromatic rings. The summed E-state index contributed by atoms with van der Waals surface area (Å²) in [6.45, 7) is 6.14. The lowest BCUT2D eigenvalue weighted by Crippen LogP contribution is -2.47. The number of carboxylic acid groups (broad SMARTS) is 1. The summed E-state index contributed by atoms with van der Waals surface area (Å²) in [6.07, 6.45) is 1.44. The molecule has 0 fully saturated rings. The molecule has 0 radical (unpaired) electrons. The SMILES string of the molecule is CC(NCCC(C)(C)CCC(=O)O)C(=O)NC(N)=O. The minimum Gasteiger partial charge on any atom is -0.481 e. The third kappa shape index (κ3) is 9.01. The van der Waals surface area contributed by atoms with Crippen molar-refractivity contribution in [2.45, 2.75) is 46.1 Å². The van der Waals surface area contributed by atoms with Crippen LogP contribution < -0.4 is 16.4 Å². The van der Waals surface area contributed by atoms with Crippen molar-refractivity contribution in [3.8, 4) is 0 Å². The van der Waals surface area contributed by atoms with Crippen LogP contribution in [0.4, 0.5) is 4.79 Å². The lowest BCUT2D eigenvalue weighted by molar-refractivity contribution is -0.137. The fourth-order valence-corrected chi connectivity index (χ4v) is 1.52. The first-order chi connectivity index (χ1) is 8.64. The van der Waals surface area contributed by atoms with Crippen molar-refractivity contribution in [1.29, 1.82) is 0 Å². The van der Waals surface area contributed by atoms with Crippen LogP contribution in [-0.2, 0) is 9.59 Å². The maximum absolute atomic E-state index is 11.4. The summed E-state index contributed by atoms with van der Waals surface area (Å²) in [5.41, 5.74) is 4.72. The zero-order valence-electron chi connectivity index (χ0n) is 11.7. The molecule has 0 saturated carbocycles. The Balaban J connectivity index is 3.97. The number of nitrogens with one attached hydrogen (secondary N) is 2. The first kappa shape index (κ1) is 17.4. The van der Waals surface area contributed by atoms with Crippen LogP contribution in [0.1, 0.15) is 40.0 Å². The van der Waals surface area contributed by atoms with Crippen LogP contribution in [0, 0.1) is 5.41 Å². The predicted molar refractivity (Wildman–Crippen MR) is 70.5 cm³/mol. The van der Waals surface area contributed by atoms with E-state index in [1.165, 1.54) is 0 Å². The first-order valence-corrected chi connectivity index (χ1v) is 6.19. The molecule has 0 spiro atoms. The largest absolute Gasteiger partial charge is 0.481 e. The van der Waals surface area contributed by atoms with Gasteiger partial charge in [0.1, 0.15) is 0 Å². The number of nitrogens with two attached hydrogens (primary N) is 1. The van der Waals surface area contributed by atoms with E-state index < -0.39 is 23.9 Å². The highest BCUT2D eigenvalue weighted by Gasteiger charge is 2.20. The van der Waals surface area contributed by atoms with Gasteiger partial charge in [-0.2, -0.15) is 0 Å². The van der Waals surface area contributed by atoms with E-state index >= 15 is 0 Å². The topological polar surface area (TPSA) is 122 Å². The standard InChI is InChI=1S/C12H23N3O4/c1-8(10(18)15-11(13)19)14-7-6-12(2,3)5-4-9(16)17/h8,14H,4-7H2,1-3H3,(H,16,17)(H3,13,15,18,19). The molecule has 0 aliphatic heterocycles. The summed E-state index contributed by atoms with van der Waals surface area (Å²) in [7, 11) is 0. The zero-order chi connectivity index (χ0) is 15.1. The van der Waals surface area contributed by atoms with E-state index in [1.807, 2.05) is 19.2 Å². The number of carbonyl (C=O) groups excluding carboxylic acids is 2. The highest BCUT2D eigenvalue weighted by molar-refractivity contribution is 5.96. The van der Waals surface area contributed by atoms with Gasteiger partial charge in [0.05, 0.1) is 6.04 Å². The summed E-state index contributed by atoms with van der Waals surface area (Å²) in [4.78, 5) is 32.4. The average Bonchev–Trinajstić information content (AvgIpc) is 2.25. The Kier molecular flexibility index (Phi) is 7.06. The third-order valence-corrected chi connectivity index (χ3v) is 2.91. The maximum Gasteiger partial charge on any atom is 0.318 e. The van der Waals surface area contributed by atoms with Crippen molar-refractivity contribution in [3.63, 3.8) is 0 Å². The van der Waals surface area contributed by atoms with Gasteiger partial charge in [-0.3, -0.25) is 14.9 Å². The molecule has 1 atom stereocenters. The number of carbonyl (C=O) groups is 3. The van der Waals surface area contributed by atoms with E-state index in [4.69, 9.17) is 10.8 Å². The number of imide groups is 1. The van der Waals surface area contributed by atoms with E-state index in [2.05, 4.69) is 5.32 Å². The lowest BCUT2D eigenvalue weighted by Gasteiger charge is -2.24. The molecule has 19 heavy (non-hydrogen) atoms. The van der Waals surface area contributed by atoms with Crippen LogP contribution in [-0.4, -0.2) is 35.6 Å². The Bertz CT molecular complexity index is 342. The molecule has 0 aliphatic carbocycles. The molecule has 0 heterocycles. The fraction of sp³-hybridized carbons (Fsp3) is 0.750. The van der Waals surface area contributed by atoms with Crippen molar-refractivity contribution in [2.75, 3.05) is 6.54 Å². The van der Waals surface area contributed by atoms with E-state index in [9.17, 15) is 14.4 Å². The third-order valence-electron chi connectivity index (χ3n) is 2.91. The van der Waals surface area contributed by atoms with Crippen LogP contribution in [0.2, 0.25) is 0 Å². The number of urea groups is 1. The average molecular weight is 273 g/mol. The molecule has 7 heteroatoms. The minimum atomic E-state index is -0.875. The molecular weight excluding hydrogens is 250 g/mol. The van der Waals surface area contributed by atoms with Gasteiger partial charge < -0.3 is 16.2 Å². The first-order valence-electron chi connectivity index (χ1n) is 6.19. The quantitative estimate of drug-likeness (QED) is 0.511. The molecule has 0 aliphatic rings. The van der Waals surface area contributed by atoms with E-state index in [-0.39, 0.29) is 11.8 Å². The Labute approximate surface area is 112 Å². The highest BCUT2D eigenvalue weighted by Crippen LogP contribution is 2.25. The summed E-state index contributed by atoms with van der Waals surface area (Å²) in [6, 6.07) is -1.40. The Morgan fingerprint density at radius 1 is 1.26 bits per heavy atom. The predicted octanol–water partition coefficient (Wildman–Crippen LogP) is 0.441. The van der Waals surface area contributed by atoms with Crippen LogP contribution >= 0.6 is 0 Å². The van der Waals surface area contributed by atoms with Gasteiger partial charge in [0, 0.05) is 6.42 Å². The fourth-order valence-electron chi connectivity index (χ4n) is 1.52. The van der Waals surface area contributed by atoms with Crippen molar-refractivity contribution in [2.24, 2.45) is 11.1 Å². The Morgan fingerprint density at radius 2 is 1.84 bits per heavy atom. The van der Waals surface area contributed by atoms with Crippen molar-refractivity contribution in [1.82, 2.24) is 10.6 Å². The number of aliphatic carboxylic acids is 1.